The van der Waals surface area contributed by atoms with Crippen LogP contribution in [0.5, 0.6) is 0 Å². The van der Waals surface area contributed by atoms with Gasteiger partial charge in [-0.05, 0) is 37.1 Å². The van der Waals surface area contributed by atoms with Crippen LogP contribution < -0.4 is 10.6 Å². The van der Waals surface area contributed by atoms with Gasteiger partial charge in [-0.15, -0.1) is 0 Å². The van der Waals surface area contributed by atoms with E-state index in [0.29, 0.717) is 31.9 Å². The average Bonchev–Trinajstić information content (AvgIpc) is 3.14. The molecule has 1 amide bonds. The maximum atomic E-state index is 13.6. The first-order valence-corrected chi connectivity index (χ1v) is 15.6. The maximum absolute atomic E-state index is 13.6. The number of hydrogen-bond acceptors (Lipinski definition) is 7. The fourth-order valence-corrected chi connectivity index (χ4v) is 7.58. The minimum absolute atomic E-state index is 0.0628. The van der Waals surface area contributed by atoms with E-state index in [1.54, 1.807) is 12.1 Å². The van der Waals surface area contributed by atoms with Crippen LogP contribution in [-0.4, -0.2) is 93.1 Å². The Hall–Kier alpha value is -2.27. The van der Waals surface area contributed by atoms with Crippen molar-refractivity contribution in [3.05, 3.63) is 24.3 Å². The smallest absolute Gasteiger partial charge is 0.475 e. The predicted octanol–water partition coefficient (Wildman–Crippen LogP) is 2.23. The molecule has 222 valence electrons. The SMILES string of the molecule is CC(=O)Nc1ccc(S(=O)(=O)N(CCS(=O)(=O)N2CCNCC2)C2CCCCCC2)cc1.O=C(O)C(F)(F)F. The first-order chi connectivity index (χ1) is 18.1. The van der Waals surface area contributed by atoms with Crippen LogP contribution in [0.25, 0.3) is 0 Å². The Labute approximate surface area is 226 Å². The number of hydrogen-bond donors (Lipinski definition) is 3. The summed E-state index contributed by atoms with van der Waals surface area (Å²) in [5.74, 6) is -3.22. The number of carboxylic acid groups (broad SMARTS) is 1. The van der Waals surface area contributed by atoms with Crippen LogP contribution in [0.3, 0.4) is 0 Å². The molecule has 1 aromatic carbocycles. The third-order valence-electron chi connectivity index (χ3n) is 6.29. The zero-order valence-corrected chi connectivity index (χ0v) is 23.2. The van der Waals surface area contributed by atoms with Gasteiger partial charge in [-0.25, -0.2) is 21.6 Å². The molecule has 11 nitrogen and oxygen atoms in total. The zero-order valence-electron chi connectivity index (χ0n) is 21.6. The fraction of sp³-hybridized carbons (Fsp3) is 0.652. The van der Waals surface area contributed by atoms with Gasteiger partial charge in [0.2, 0.25) is 26.0 Å². The van der Waals surface area contributed by atoms with E-state index in [9.17, 15) is 34.8 Å². The Morgan fingerprint density at radius 3 is 2.00 bits per heavy atom. The van der Waals surface area contributed by atoms with Crippen LogP contribution in [-0.2, 0) is 29.6 Å². The van der Waals surface area contributed by atoms with E-state index >= 15 is 0 Å². The van der Waals surface area contributed by atoms with Crippen LogP contribution in [0.15, 0.2) is 29.2 Å². The lowest BCUT2D eigenvalue weighted by Crippen LogP contribution is -2.49. The largest absolute Gasteiger partial charge is 0.490 e. The Morgan fingerprint density at radius 2 is 1.54 bits per heavy atom. The van der Waals surface area contributed by atoms with Gasteiger partial charge in [0, 0.05) is 51.4 Å². The van der Waals surface area contributed by atoms with E-state index < -0.39 is 32.2 Å². The van der Waals surface area contributed by atoms with Crippen molar-refractivity contribution in [3.63, 3.8) is 0 Å². The average molecular weight is 601 g/mol. The molecule has 0 atom stereocenters. The molecule has 0 bridgehead atoms. The number of anilines is 1. The van der Waals surface area contributed by atoms with Gasteiger partial charge in [0.15, 0.2) is 0 Å². The summed E-state index contributed by atoms with van der Waals surface area (Å²) in [5.41, 5.74) is 0.513. The molecule has 2 fully saturated rings. The number of piperazine rings is 1. The van der Waals surface area contributed by atoms with Crippen LogP contribution in [0, 0.1) is 0 Å². The van der Waals surface area contributed by atoms with E-state index in [2.05, 4.69) is 10.6 Å². The Morgan fingerprint density at radius 1 is 1.03 bits per heavy atom. The summed E-state index contributed by atoms with van der Waals surface area (Å²) < 4.78 is 87.5. The Kier molecular flexibility index (Phi) is 12.2. The second kappa shape index (κ2) is 14.4. The van der Waals surface area contributed by atoms with Crippen LogP contribution in [0.2, 0.25) is 0 Å². The molecule has 1 saturated heterocycles. The molecule has 0 radical (unpaired) electrons. The highest BCUT2D eigenvalue weighted by Crippen LogP contribution is 2.28. The highest BCUT2D eigenvalue weighted by Gasteiger charge is 2.38. The lowest BCUT2D eigenvalue weighted by atomic mass is 10.1. The lowest BCUT2D eigenvalue weighted by molar-refractivity contribution is -0.192. The molecule has 1 saturated carbocycles. The number of nitrogens with one attached hydrogen (secondary N) is 2. The van der Waals surface area contributed by atoms with Gasteiger partial charge in [0.1, 0.15) is 0 Å². The molecule has 0 unspecified atom stereocenters. The van der Waals surface area contributed by atoms with Gasteiger partial charge in [0.05, 0.1) is 10.6 Å². The molecule has 39 heavy (non-hydrogen) atoms. The van der Waals surface area contributed by atoms with E-state index in [1.165, 1.54) is 27.7 Å². The number of amides is 1. The lowest BCUT2D eigenvalue weighted by Gasteiger charge is -2.32. The number of carboxylic acids is 1. The standard InChI is InChI=1S/C21H34N4O5S2.C2HF3O2/c1-18(26)23-19-8-10-21(11-9-19)32(29,30)25(20-6-4-2-3-5-7-20)16-17-31(27,28)24-14-12-22-13-15-24;3-2(4,5)1(6)7/h8-11,20,22H,2-7,12-17H2,1H3,(H,23,26);(H,6,7). The molecule has 1 heterocycles. The van der Waals surface area contributed by atoms with Crippen LogP contribution in [0.1, 0.15) is 45.4 Å². The third-order valence-corrected chi connectivity index (χ3v) is 10.1. The maximum Gasteiger partial charge on any atom is 0.490 e. The van der Waals surface area contributed by atoms with Crippen molar-refractivity contribution in [2.75, 3.05) is 43.8 Å². The van der Waals surface area contributed by atoms with E-state index in [-0.39, 0.29) is 29.1 Å². The Balaban J connectivity index is 0.000000673. The van der Waals surface area contributed by atoms with Crippen molar-refractivity contribution >= 4 is 37.6 Å². The van der Waals surface area contributed by atoms with Crippen molar-refractivity contribution in [2.24, 2.45) is 0 Å². The third kappa shape index (κ3) is 10.3. The molecule has 1 aliphatic carbocycles. The van der Waals surface area contributed by atoms with Crippen molar-refractivity contribution in [3.8, 4) is 0 Å². The van der Waals surface area contributed by atoms with Gasteiger partial charge in [-0.2, -0.15) is 21.8 Å². The molecular formula is C23H35F3N4O7S2. The number of carbonyl (C=O) groups is 2. The summed E-state index contributed by atoms with van der Waals surface area (Å²) in [6, 6.07) is 5.83. The van der Waals surface area contributed by atoms with Crippen molar-refractivity contribution < 1.29 is 44.7 Å². The highest BCUT2D eigenvalue weighted by atomic mass is 32.2. The summed E-state index contributed by atoms with van der Waals surface area (Å²) in [6.07, 6.45) is 0.378. The number of aliphatic carboxylic acids is 1. The molecular weight excluding hydrogens is 565 g/mol. The summed E-state index contributed by atoms with van der Waals surface area (Å²) >= 11 is 0. The molecule has 0 aromatic heterocycles. The quantitative estimate of drug-likeness (QED) is 0.384. The topological polar surface area (TPSA) is 153 Å². The first kappa shape index (κ1) is 32.9. The molecule has 2 aliphatic rings. The van der Waals surface area contributed by atoms with Gasteiger partial charge in [-0.1, -0.05) is 25.7 Å². The second-order valence-corrected chi connectivity index (χ2v) is 13.2. The van der Waals surface area contributed by atoms with E-state index in [4.69, 9.17) is 9.90 Å². The molecule has 16 heteroatoms. The van der Waals surface area contributed by atoms with Crippen molar-refractivity contribution in [1.29, 1.82) is 0 Å². The van der Waals surface area contributed by atoms with Gasteiger partial charge < -0.3 is 15.7 Å². The number of sulfonamides is 2. The minimum atomic E-state index is -5.08. The number of nitrogens with zero attached hydrogens (tertiary/aromatic N) is 2. The minimum Gasteiger partial charge on any atom is -0.475 e. The summed E-state index contributed by atoms with van der Waals surface area (Å²) in [6.45, 7) is 3.34. The molecule has 0 spiro atoms. The van der Waals surface area contributed by atoms with Crippen LogP contribution >= 0.6 is 0 Å². The van der Waals surface area contributed by atoms with Gasteiger partial charge in [-0.3, -0.25) is 4.79 Å². The number of carbonyl (C=O) groups excluding carboxylic acids is 1. The number of alkyl halides is 3. The number of halogens is 3. The summed E-state index contributed by atoms with van der Waals surface area (Å²) in [7, 11) is -7.44. The van der Waals surface area contributed by atoms with E-state index in [0.717, 1.165) is 38.5 Å². The number of benzene rings is 1. The fourth-order valence-electron chi connectivity index (χ4n) is 4.35. The van der Waals surface area contributed by atoms with Gasteiger partial charge in [0.25, 0.3) is 0 Å². The van der Waals surface area contributed by atoms with Gasteiger partial charge >= 0.3 is 12.1 Å². The molecule has 1 aromatic rings. The zero-order chi connectivity index (χ0) is 29.3. The highest BCUT2D eigenvalue weighted by molar-refractivity contribution is 7.90. The predicted molar refractivity (Wildman–Crippen MR) is 138 cm³/mol. The first-order valence-electron chi connectivity index (χ1n) is 12.5. The Bertz CT molecular complexity index is 1160. The molecule has 1 aliphatic heterocycles. The summed E-state index contributed by atoms with van der Waals surface area (Å²) in [4.78, 5) is 20.3. The van der Waals surface area contributed by atoms with Crippen LogP contribution in [0.4, 0.5) is 18.9 Å². The van der Waals surface area contributed by atoms with Crippen molar-refractivity contribution in [2.45, 2.75) is 62.6 Å². The van der Waals surface area contributed by atoms with E-state index in [1.807, 2.05) is 0 Å². The number of rotatable bonds is 8. The normalized spacial score (nSPS) is 18.1. The van der Waals surface area contributed by atoms with Crippen molar-refractivity contribution in [1.82, 2.24) is 13.9 Å². The monoisotopic (exact) mass is 600 g/mol. The molecule has 3 rings (SSSR count). The molecule has 3 N–H and O–H groups in total. The summed E-state index contributed by atoms with van der Waals surface area (Å²) in [5, 5.41) is 12.9. The second-order valence-electron chi connectivity index (χ2n) is 9.23.